The van der Waals surface area contributed by atoms with E-state index in [0.717, 1.165) is 6.42 Å². The van der Waals surface area contributed by atoms with Gasteiger partial charge in [0, 0.05) is 12.4 Å². The first-order chi connectivity index (χ1) is 6.85. The highest BCUT2D eigenvalue weighted by molar-refractivity contribution is 5.64. The van der Waals surface area contributed by atoms with E-state index in [2.05, 4.69) is 0 Å². The summed E-state index contributed by atoms with van der Waals surface area (Å²) >= 11 is 0. The second kappa shape index (κ2) is 6.45. The number of carboxylic acids is 1. The third kappa shape index (κ3) is 9.28. The van der Waals surface area contributed by atoms with Crippen molar-refractivity contribution in [3.8, 4) is 0 Å². The highest BCUT2D eigenvalue weighted by Crippen LogP contribution is 2.04. The summed E-state index contributed by atoms with van der Waals surface area (Å²) in [5.74, 6) is -1.07. The van der Waals surface area contributed by atoms with Crippen LogP contribution >= 0.6 is 0 Å². The molecule has 0 saturated carbocycles. The normalized spacial score (nSPS) is 14.1. The molecule has 0 heterocycles. The van der Waals surface area contributed by atoms with Gasteiger partial charge in [-0.2, -0.15) is 0 Å². The Bertz CT molecular complexity index is 218. The van der Waals surface area contributed by atoms with Crippen molar-refractivity contribution in [3.63, 3.8) is 0 Å². The number of rotatable bonds is 7. The van der Waals surface area contributed by atoms with Gasteiger partial charge in [0.1, 0.15) is 6.54 Å². The van der Waals surface area contributed by atoms with Crippen LogP contribution in [-0.4, -0.2) is 44.2 Å². The van der Waals surface area contributed by atoms with Crippen molar-refractivity contribution in [2.75, 3.05) is 27.7 Å². The lowest BCUT2D eigenvalue weighted by Crippen LogP contribution is -2.44. The summed E-state index contributed by atoms with van der Waals surface area (Å²) in [5, 5.41) is 10.5. The largest absolute Gasteiger partial charge is 0.550 e. The number of hydrogen-bond donors (Lipinski definition) is 0. The summed E-state index contributed by atoms with van der Waals surface area (Å²) in [6.07, 6.45) is 3.92. The average Bonchev–Trinajstić information content (AvgIpc) is 2.00. The summed E-state index contributed by atoms with van der Waals surface area (Å²) in [6.45, 7) is 2.63. The Labute approximate surface area is 91.7 Å². The van der Waals surface area contributed by atoms with E-state index in [4.69, 9.17) is 4.74 Å². The average molecular weight is 215 g/mol. The van der Waals surface area contributed by atoms with E-state index in [9.17, 15) is 9.90 Å². The minimum Gasteiger partial charge on any atom is -0.550 e. The Morgan fingerprint density at radius 3 is 2.47 bits per heavy atom. The van der Waals surface area contributed by atoms with E-state index < -0.39 is 5.97 Å². The predicted octanol–water partition coefficient (Wildman–Crippen LogP) is 0.142. The van der Waals surface area contributed by atoms with Crippen LogP contribution in [0.4, 0.5) is 0 Å². The van der Waals surface area contributed by atoms with Gasteiger partial charge in [-0.3, -0.25) is 0 Å². The van der Waals surface area contributed by atoms with Crippen LogP contribution in [0.3, 0.4) is 0 Å². The quantitative estimate of drug-likeness (QED) is 0.448. The monoisotopic (exact) mass is 215 g/mol. The van der Waals surface area contributed by atoms with Crippen molar-refractivity contribution in [2.45, 2.75) is 25.9 Å². The topological polar surface area (TPSA) is 49.4 Å². The lowest BCUT2D eigenvalue weighted by atomic mass is 10.2. The number of likely N-dealkylation sites (N-methyl/N-ethyl adjacent to an activating group) is 1. The molecule has 0 aromatic heterocycles. The van der Waals surface area contributed by atoms with Gasteiger partial charge in [-0.1, -0.05) is 13.0 Å². The molecule has 0 aromatic rings. The third-order valence-electron chi connectivity index (χ3n) is 1.75. The van der Waals surface area contributed by atoms with E-state index >= 15 is 0 Å². The lowest BCUT2D eigenvalue weighted by Gasteiger charge is -2.28. The fourth-order valence-corrected chi connectivity index (χ4v) is 1.22. The van der Waals surface area contributed by atoms with Gasteiger partial charge < -0.3 is 19.1 Å². The number of carbonyl (C=O) groups excluding carboxylic acids is 1. The van der Waals surface area contributed by atoms with Crippen LogP contribution < -0.4 is 5.11 Å². The molecular formula is C11H21NO3. The number of carbonyl (C=O) groups is 1. The molecule has 15 heavy (non-hydrogen) atoms. The molecule has 0 aliphatic carbocycles. The van der Waals surface area contributed by atoms with Crippen molar-refractivity contribution >= 4 is 5.97 Å². The molecule has 1 unspecified atom stereocenters. The Morgan fingerprint density at radius 1 is 1.47 bits per heavy atom. The van der Waals surface area contributed by atoms with Gasteiger partial charge in [0.25, 0.3) is 0 Å². The van der Waals surface area contributed by atoms with Gasteiger partial charge in [-0.15, -0.1) is 0 Å². The minimum absolute atomic E-state index is 0.0659. The van der Waals surface area contributed by atoms with Crippen LogP contribution in [0.15, 0.2) is 12.3 Å². The summed E-state index contributed by atoms with van der Waals surface area (Å²) in [6, 6.07) is 0. The van der Waals surface area contributed by atoms with Crippen molar-refractivity contribution in [1.82, 2.24) is 0 Å². The molecule has 0 N–H and O–H groups in total. The van der Waals surface area contributed by atoms with Crippen LogP contribution in [0.25, 0.3) is 0 Å². The Hall–Kier alpha value is -1.03. The molecule has 4 heteroatoms. The zero-order chi connectivity index (χ0) is 11.9. The number of aliphatic carboxylic acids is 1. The lowest BCUT2D eigenvalue weighted by molar-refractivity contribution is -0.873. The van der Waals surface area contributed by atoms with Crippen LogP contribution in [0.2, 0.25) is 0 Å². The van der Waals surface area contributed by atoms with E-state index in [1.54, 1.807) is 6.26 Å². The van der Waals surface area contributed by atoms with E-state index in [-0.39, 0.29) is 12.5 Å². The van der Waals surface area contributed by atoms with Gasteiger partial charge in [0.2, 0.25) is 0 Å². The number of carboxylic acid groups (broad SMARTS) is 1. The number of nitrogens with zero attached hydrogens (tertiary/aromatic N) is 1. The van der Waals surface area contributed by atoms with E-state index in [1.165, 1.54) is 0 Å². The van der Waals surface area contributed by atoms with Crippen molar-refractivity contribution in [1.29, 1.82) is 0 Å². The summed E-state index contributed by atoms with van der Waals surface area (Å²) < 4.78 is 6.02. The highest BCUT2D eigenvalue weighted by Gasteiger charge is 2.18. The maximum absolute atomic E-state index is 10.5. The second-order valence-electron chi connectivity index (χ2n) is 4.59. The van der Waals surface area contributed by atoms with Crippen LogP contribution in [-0.2, 0) is 9.53 Å². The van der Waals surface area contributed by atoms with Gasteiger partial charge in [0.15, 0.2) is 6.10 Å². The maximum atomic E-state index is 10.5. The molecule has 0 aliphatic heterocycles. The van der Waals surface area contributed by atoms with Crippen molar-refractivity contribution in [2.24, 2.45) is 0 Å². The zero-order valence-electron chi connectivity index (χ0n) is 10.0. The standard InChI is InChI=1S/C11H21NO3/c1-5-6-7-15-10(8-11(13)14)9-12(2,3)4/h6-7,10H,5,8-9H2,1-4H3. The highest BCUT2D eigenvalue weighted by atomic mass is 16.5. The second-order valence-corrected chi connectivity index (χ2v) is 4.59. The first-order valence-corrected chi connectivity index (χ1v) is 5.16. The summed E-state index contributed by atoms with van der Waals surface area (Å²) in [5.41, 5.74) is 0. The molecule has 1 atom stereocenters. The predicted molar refractivity (Wildman–Crippen MR) is 56.8 cm³/mol. The third-order valence-corrected chi connectivity index (χ3v) is 1.75. The van der Waals surface area contributed by atoms with Crippen LogP contribution in [0.1, 0.15) is 19.8 Å². The van der Waals surface area contributed by atoms with Gasteiger partial charge >= 0.3 is 0 Å². The molecule has 0 amide bonds. The molecule has 0 radical (unpaired) electrons. The van der Waals surface area contributed by atoms with Gasteiger partial charge in [0.05, 0.1) is 27.4 Å². The molecule has 4 nitrogen and oxygen atoms in total. The minimum atomic E-state index is -1.07. The van der Waals surface area contributed by atoms with Crippen LogP contribution in [0.5, 0.6) is 0 Å². The first-order valence-electron chi connectivity index (χ1n) is 5.16. The van der Waals surface area contributed by atoms with E-state index in [1.807, 2.05) is 34.1 Å². The summed E-state index contributed by atoms with van der Waals surface area (Å²) in [4.78, 5) is 10.5. The van der Waals surface area contributed by atoms with Gasteiger partial charge in [-0.25, -0.2) is 0 Å². The number of quaternary nitrogens is 1. The van der Waals surface area contributed by atoms with E-state index in [0.29, 0.717) is 11.0 Å². The molecule has 0 fully saturated rings. The van der Waals surface area contributed by atoms with Crippen molar-refractivity contribution in [3.05, 3.63) is 12.3 Å². The molecule has 0 spiro atoms. The molecule has 0 bridgehead atoms. The molecule has 0 saturated heterocycles. The number of hydrogen-bond acceptors (Lipinski definition) is 3. The Morgan fingerprint density at radius 2 is 2.07 bits per heavy atom. The van der Waals surface area contributed by atoms with Gasteiger partial charge in [-0.05, 0) is 6.42 Å². The Kier molecular flexibility index (Phi) is 6.01. The molecule has 0 rings (SSSR count). The van der Waals surface area contributed by atoms with Crippen LogP contribution in [0, 0.1) is 0 Å². The fourth-order valence-electron chi connectivity index (χ4n) is 1.22. The molecule has 0 aliphatic rings. The fraction of sp³-hybridized carbons (Fsp3) is 0.727. The number of ether oxygens (including phenoxy) is 1. The first kappa shape index (κ1) is 14.0. The maximum Gasteiger partial charge on any atom is 0.152 e. The molecular weight excluding hydrogens is 194 g/mol. The number of allylic oxidation sites excluding steroid dienone is 1. The molecule has 0 aromatic carbocycles. The molecule has 88 valence electrons. The smallest absolute Gasteiger partial charge is 0.152 e. The van der Waals surface area contributed by atoms with Crippen molar-refractivity contribution < 1.29 is 19.1 Å². The summed E-state index contributed by atoms with van der Waals surface area (Å²) in [7, 11) is 5.99. The zero-order valence-corrected chi connectivity index (χ0v) is 10.0. The Balaban J connectivity index is 4.18. The SMILES string of the molecule is CCC=COC(CC(=O)[O-])C[N+](C)(C)C.